The molecule has 1 rings (SSSR count). The second kappa shape index (κ2) is 3.88. The number of rotatable bonds is 2. The van der Waals surface area contributed by atoms with E-state index >= 15 is 0 Å². The van der Waals surface area contributed by atoms with Gasteiger partial charge in [0.15, 0.2) is 0 Å². The van der Waals surface area contributed by atoms with Gasteiger partial charge in [-0.3, -0.25) is 4.79 Å². The van der Waals surface area contributed by atoms with Crippen molar-refractivity contribution in [3.63, 3.8) is 0 Å². The highest BCUT2D eigenvalue weighted by atomic mass is 16.3. The summed E-state index contributed by atoms with van der Waals surface area (Å²) in [6.07, 6.45) is -0.808. The number of carbonyl (C=O) groups is 1. The SMILES string of the molecule is CC(O)NC(=O)c1ccccc1. The van der Waals surface area contributed by atoms with Crippen molar-refractivity contribution in [2.45, 2.75) is 13.2 Å². The fourth-order valence-electron chi connectivity index (χ4n) is 0.863. The van der Waals surface area contributed by atoms with Crippen LogP contribution in [-0.2, 0) is 0 Å². The van der Waals surface area contributed by atoms with E-state index in [2.05, 4.69) is 5.32 Å². The van der Waals surface area contributed by atoms with Crippen molar-refractivity contribution in [2.24, 2.45) is 0 Å². The number of nitrogens with one attached hydrogen (secondary N) is 1. The Balaban J connectivity index is 2.66. The Morgan fingerprint density at radius 1 is 1.42 bits per heavy atom. The molecule has 0 aliphatic carbocycles. The monoisotopic (exact) mass is 165 g/mol. The van der Waals surface area contributed by atoms with Gasteiger partial charge in [0.25, 0.3) is 5.91 Å². The van der Waals surface area contributed by atoms with Gasteiger partial charge in [0.05, 0.1) is 0 Å². The zero-order chi connectivity index (χ0) is 8.97. The molecule has 64 valence electrons. The Labute approximate surface area is 71.0 Å². The predicted octanol–water partition coefficient (Wildman–Crippen LogP) is 0.755. The molecule has 12 heavy (non-hydrogen) atoms. The highest BCUT2D eigenvalue weighted by Crippen LogP contribution is 1.97. The van der Waals surface area contributed by atoms with E-state index in [0.29, 0.717) is 5.56 Å². The molecule has 0 saturated carbocycles. The van der Waals surface area contributed by atoms with Crippen LogP contribution in [0.15, 0.2) is 30.3 Å². The predicted molar refractivity (Wildman–Crippen MR) is 45.6 cm³/mol. The third kappa shape index (κ3) is 2.36. The molecule has 0 radical (unpaired) electrons. The minimum Gasteiger partial charge on any atom is -0.374 e. The van der Waals surface area contributed by atoms with Gasteiger partial charge >= 0.3 is 0 Å². The third-order valence-electron chi connectivity index (χ3n) is 1.38. The Morgan fingerprint density at radius 3 is 2.50 bits per heavy atom. The maximum atomic E-state index is 11.2. The van der Waals surface area contributed by atoms with Crippen molar-refractivity contribution in [1.82, 2.24) is 5.32 Å². The number of hydrogen-bond donors (Lipinski definition) is 2. The van der Waals surface area contributed by atoms with Gasteiger partial charge in [0.2, 0.25) is 0 Å². The highest BCUT2D eigenvalue weighted by Gasteiger charge is 2.04. The molecule has 0 fully saturated rings. The van der Waals surface area contributed by atoms with E-state index in [4.69, 9.17) is 5.11 Å². The summed E-state index contributed by atoms with van der Waals surface area (Å²) >= 11 is 0. The molecule has 0 aliphatic rings. The molecule has 0 saturated heterocycles. The standard InChI is InChI=1S/C9H11NO2/c1-7(11)10-9(12)8-5-3-2-4-6-8/h2-7,11H,1H3,(H,10,12). The topological polar surface area (TPSA) is 49.3 Å². The molecule has 3 heteroatoms. The van der Waals surface area contributed by atoms with Gasteiger partial charge in [-0.05, 0) is 19.1 Å². The lowest BCUT2D eigenvalue weighted by Crippen LogP contribution is -2.31. The molecule has 0 aromatic heterocycles. The van der Waals surface area contributed by atoms with Crippen molar-refractivity contribution < 1.29 is 9.90 Å². The zero-order valence-electron chi connectivity index (χ0n) is 6.82. The molecule has 1 aromatic carbocycles. The lowest BCUT2D eigenvalue weighted by atomic mass is 10.2. The highest BCUT2D eigenvalue weighted by molar-refractivity contribution is 5.94. The van der Waals surface area contributed by atoms with E-state index in [0.717, 1.165) is 0 Å². The first-order chi connectivity index (χ1) is 5.70. The minimum atomic E-state index is -0.808. The fourth-order valence-corrected chi connectivity index (χ4v) is 0.863. The van der Waals surface area contributed by atoms with Crippen molar-refractivity contribution in [1.29, 1.82) is 0 Å². The van der Waals surface area contributed by atoms with Gasteiger partial charge in [-0.1, -0.05) is 18.2 Å². The number of aliphatic hydroxyl groups excluding tert-OH is 1. The molecule has 1 aromatic rings. The molecule has 2 N–H and O–H groups in total. The average molecular weight is 165 g/mol. The van der Waals surface area contributed by atoms with Crippen molar-refractivity contribution in [3.8, 4) is 0 Å². The molecule has 3 nitrogen and oxygen atoms in total. The summed E-state index contributed by atoms with van der Waals surface area (Å²) < 4.78 is 0. The van der Waals surface area contributed by atoms with E-state index in [1.165, 1.54) is 6.92 Å². The summed E-state index contributed by atoms with van der Waals surface area (Å²) in [5.74, 6) is -0.259. The molecule has 0 spiro atoms. The Kier molecular flexibility index (Phi) is 2.82. The number of amides is 1. The van der Waals surface area contributed by atoms with Crippen LogP contribution in [0.25, 0.3) is 0 Å². The van der Waals surface area contributed by atoms with Crippen molar-refractivity contribution >= 4 is 5.91 Å². The Bertz CT molecular complexity index is 256. The molecule has 1 atom stereocenters. The first-order valence-electron chi connectivity index (χ1n) is 3.74. The fraction of sp³-hybridized carbons (Fsp3) is 0.222. The lowest BCUT2D eigenvalue weighted by Gasteiger charge is -2.06. The van der Waals surface area contributed by atoms with Crippen LogP contribution in [0, 0.1) is 0 Å². The van der Waals surface area contributed by atoms with E-state index in [-0.39, 0.29) is 5.91 Å². The Hall–Kier alpha value is -1.35. The number of aliphatic hydroxyl groups is 1. The summed E-state index contributed by atoms with van der Waals surface area (Å²) in [6.45, 7) is 1.50. The molecule has 0 aliphatic heterocycles. The molecular formula is C9H11NO2. The molecule has 1 amide bonds. The lowest BCUT2D eigenvalue weighted by molar-refractivity contribution is 0.0819. The maximum Gasteiger partial charge on any atom is 0.253 e. The van der Waals surface area contributed by atoms with Gasteiger partial charge < -0.3 is 10.4 Å². The summed E-state index contributed by atoms with van der Waals surface area (Å²) in [6, 6.07) is 8.77. The smallest absolute Gasteiger partial charge is 0.253 e. The van der Waals surface area contributed by atoms with Gasteiger partial charge in [0.1, 0.15) is 6.23 Å². The van der Waals surface area contributed by atoms with Gasteiger partial charge in [-0.25, -0.2) is 0 Å². The number of carbonyl (C=O) groups excluding carboxylic acids is 1. The van der Waals surface area contributed by atoms with Crippen LogP contribution in [0.4, 0.5) is 0 Å². The van der Waals surface area contributed by atoms with Gasteiger partial charge in [-0.15, -0.1) is 0 Å². The summed E-state index contributed by atoms with van der Waals surface area (Å²) in [5, 5.41) is 11.2. The van der Waals surface area contributed by atoms with Crippen LogP contribution in [-0.4, -0.2) is 17.2 Å². The van der Waals surface area contributed by atoms with E-state index in [1.807, 2.05) is 6.07 Å². The average Bonchev–Trinajstić information content (AvgIpc) is 2.05. The number of hydrogen-bond acceptors (Lipinski definition) is 2. The summed E-state index contributed by atoms with van der Waals surface area (Å²) in [7, 11) is 0. The molecular weight excluding hydrogens is 154 g/mol. The van der Waals surface area contributed by atoms with E-state index in [1.54, 1.807) is 24.3 Å². The van der Waals surface area contributed by atoms with E-state index in [9.17, 15) is 4.79 Å². The molecule has 1 unspecified atom stereocenters. The quantitative estimate of drug-likeness (QED) is 0.635. The van der Waals surface area contributed by atoms with Crippen molar-refractivity contribution in [3.05, 3.63) is 35.9 Å². The van der Waals surface area contributed by atoms with Crippen LogP contribution in [0.3, 0.4) is 0 Å². The van der Waals surface area contributed by atoms with Gasteiger partial charge in [-0.2, -0.15) is 0 Å². The maximum absolute atomic E-state index is 11.2. The van der Waals surface area contributed by atoms with Gasteiger partial charge in [0, 0.05) is 5.56 Å². The second-order valence-electron chi connectivity index (χ2n) is 2.52. The normalized spacial score (nSPS) is 12.2. The van der Waals surface area contributed by atoms with Crippen LogP contribution in [0.1, 0.15) is 17.3 Å². The van der Waals surface area contributed by atoms with E-state index < -0.39 is 6.23 Å². The van der Waals surface area contributed by atoms with Crippen LogP contribution in [0.5, 0.6) is 0 Å². The summed E-state index contributed by atoms with van der Waals surface area (Å²) in [5.41, 5.74) is 0.554. The third-order valence-corrected chi connectivity index (χ3v) is 1.38. The largest absolute Gasteiger partial charge is 0.374 e. The first kappa shape index (κ1) is 8.74. The first-order valence-corrected chi connectivity index (χ1v) is 3.74. The molecule has 0 bridgehead atoms. The zero-order valence-corrected chi connectivity index (χ0v) is 6.82. The minimum absolute atomic E-state index is 0.259. The van der Waals surface area contributed by atoms with Crippen LogP contribution < -0.4 is 5.32 Å². The molecule has 0 heterocycles. The van der Waals surface area contributed by atoms with Crippen molar-refractivity contribution in [2.75, 3.05) is 0 Å². The van der Waals surface area contributed by atoms with Crippen LogP contribution in [0.2, 0.25) is 0 Å². The summed E-state index contributed by atoms with van der Waals surface area (Å²) in [4.78, 5) is 11.2. The second-order valence-corrected chi connectivity index (χ2v) is 2.52. The van der Waals surface area contributed by atoms with Crippen LogP contribution >= 0.6 is 0 Å². The Morgan fingerprint density at radius 2 is 2.00 bits per heavy atom. The number of benzene rings is 1.